The van der Waals surface area contributed by atoms with Gasteiger partial charge in [0.15, 0.2) is 5.96 Å². The van der Waals surface area contributed by atoms with Crippen LogP contribution in [0.1, 0.15) is 32.8 Å². The van der Waals surface area contributed by atoms with Crippen molar-refractivity contribution < 1.29 is 9.13 Å². The molecule has 0 aromatic heterocycles. The molecule has 25 heavy (non-hydrogen) atoms. The molecule has 0 saturated carbocycles. The molecule has 0 aliphatic carbocycles. The smallest absolute Gasteiger partial charge is 0.193 e. The van der Waals surface area contributed by atoms with E-state index in [-0.39, 0.29) is 11.2 Å². The van der Waals surface area contributed by atoms with Crippen molar-refractivity contribution in [3.63, 3.8) is 0 Å². The maximum absolute atomic E-state index is 13.3. The number of halogens is 2. The van der Waals surface area contributed by atoms with Crippen LogP contribution in [0.5, 0.6) is 0 Å². The predicted molar refractivity (Wildman–Crippen MR) is 102 cm³/mol. The van der Waals surface area contributed by atoms with Gasteiger partial charge in [-0.3, -0.25) is 4.99 Å². The van der Waals surface area contributed by atoms with Crippen LogP contribution in [0.4, 0.5) is 4.39 Å². The highest BCUT2D eigenvalue weighted by molar-refractivity contribution is 6.31. The number of hydrogen-bond acceptors (Lipinski definition) is 2. The second kappa shape index (κ2) is 8.86. The van der Waals surface area contributed by atoms with Gasteiger partial charge in [-0.2, -0.15) is 0 Å². The number of benzene rings is 1. The van der Waals surface area contributed by atoms with Crippen LogP contribution in [0.25, 0.3) is 0 Å². The van der Waals surface area contributed by atoms with Crippen LogP contribution >= 0.6 is 11.6 Å². The summed E-state index contributed by atoms with van der Waals surface area (Å²) in [5, 5.41) is 3.79. The molecule has 2 rings (SSSR count). The lowest BCUT2D eigenvalue weighted by Crippen LogP contribution is -2.42. The molecule has 1 aliphatic heterocycles. The second-order valence-electron chi connectivity index (χ2n) is 7.29. The molecule has 1 fully saturated rings. The fourth-order valence-electron chi connectivity index (χ4n) is 3.07. The van der Waals surface area contributed by atoms with Gasteiger partial charge in [0, 0.05) is 43.1 Å². The summed E-state index contributed by atoms with van der Waals surface area (Å²) in [5.41, 5.74) is 0.616. The van der Waals surface area contributed by atoms with Crippen LogP contribution in [0.3, 0.4) is 0 Å². The van der Waals surface area contributed by atoms with Crippen LogP contribution in [-0.2, 0) is 10.2 Å². The molecule has 1 N–H and O–H groups in total. The number of nitrogens with one attached hydrogen (secondary N) is 1. The van der Waals surface area contributed by atoms with Crippen LogP contribution in [0, 0.1) is 11.7 Å². The van der Waals surface area contributed by atoms with Gasteiger partial charge < -0.3 is 15.0 Å². The number of aliphatic imine (C=N–C) groups is 1. The lowest BCUT2D eigenvalue weighted by atomic mass is 9.84. The molecule has 0 amide bonds. The van der Waals surface area contributed by atoms with Gasteiger partial charge in [0.05, 0.1) is 13.2 Å². The Morgan fingerprint density at radius 1 is 1.48 bits per heavy atom. The van der Waals surface area contributed by atoms with E-state index in [1.54, 1.807) is 6.07 Å². The van der Waals surface area contributed by atoms with Crippen molar-refractivity contribution in [2.24, 2.45) is 10.9 Å². The predicted octanol–water partition coefficient (Wildman–Crippen LogP) is 3.69. The van der Waals surface area contributed by atoms with Crippen LogP contribution in [-0.4, -0.2) is 50.8 Å². The highest BCUT2D eigenvalue weighted by Crippen LogP contribution is 2.30. The fraction of sp³-hybridized carbons (Fsp3) is 0.632. The lowest BCUT2D eigenvalue weighted by molar-refractivity contribution is 0.181. The summed E-state index contributed by atoms with van der Waals surface area (Å²) in [6, 6.07) is 4.56. The van der Waals surface area contributed by atoms with E-state index in [0.29, 0.717) is 17.5 Å². The van der Waals surface area contributed by atoms with Gasteiger partial charge in [0.25, 0.3) is 0 Å². The number of hydrogen-bond donors (Lipinski definition) is 1. The molecule has 1 aromatic carbocycles. The van der Waals surface area contributed by atoms with E-state index in [0.717, 1.165) is 44.2 Å². The maximum atomic E-state index is 13.3. The quantitative estimate of drug-likeness (QED) is 0.613. The van der Waals surface area contributed by atoms with E-state index < -0.39 is 0 Å². The molecule has 6 heteroatoms. The Morgan fingerprint density at radius 2 is 2.24 bits per heavy atom. The average Bonchev–Trinajstić information content (AvgIpc) is 3.03. The Kier molecular flexibility index (Phi) is 7.08. The van der Waals surface area contributed by atoms with Crippen molar-refractivity contribution >= 4 is 17.6 Å². The third kappa shape index (κ3) is 5.58. The van der Waals surface area contributed by atoms with Crippen molar-refractivity contribution in [3.8, 4) is 0 Å². The van der Waals surface area contributed by atoms with E-state index >= 15 is 0 Å². The molecule has 1 aliphatic rings. The largest absolute Gasteiger partial charge is 0.381 e. The molecule has 1 heterocycles. The molecular weight excluding hydrogens is 341 g/mol. The summed E-state index contributed by atoms with van der Waals surface area (Å²) >= 11 is 6.24. The Bertz CT molecular complexity index is 600. The first-order valence-corrected chi connectivity index (χ1v) is 9.24. The topological polar surface area (TPSA) is 36.9 Å². The van der Waals surface area contributed by atoms with E-state index in [4.69, 9.17) is 21.3 Å². The number of nitrogens with zero attached hydrogens (tertiary/aromatic N) is 2. The van der Waals surface area contributed by atoms with Crippen molar-refractivity contribution in [1.82, 2.24) is 10.2 Å². The summed E-state index contributed by atoms with van der Waals surface area (Å²) in [4.78, 5) is 6.96. The first kappa shape index (κ1) is 20.0. The summed E-state index contributed by atoms with van der Waals surface area (Å²) in [6.07, 6.45) is 1.10. The minimum Gasteiger partial charge on any atom is -0.381 e. The maximum Gasteiger partial charge on any atom is 0.193 e. The third-order valence-corrected chi connectivity index (χ3v) is 4.85. The number of rotatable bonds is 6. The van der Waals surface area contributed by atoms with Crippen LogP contribution in [0.15, 0.2) is 23.2 Å². The first-order valence-electron chi connectivity index (χ1n) is 8.86. The van der Waals surface area contributed by atoms with Gasteiger partial charge in [-0.1, -0.05) is 31.5 Å². The highest BCUT2D eigenvalue weighted by atomic mass is 35.5. The number of guanidine groups is 1. The average molecular weight is 370 g/mol. The van der Waals surface area contributed by atoms with E-state index in [2.05, 4.69) is 38.0 Å². The highest BCUT2D eigenvalue weighted by Gasteiger charge is 2.25. The van der Waals surface area contributed by atoms with Gasteiger partial charge >= 0.3 is 0 Å². The van der Waals surface area contributed by atoms with Crippen LogP contribution < -0.4 is 5.32 Å². The zero-order valence-electron chi connectivity index (χ0n) is 15.6. The molecule has 0 spiro atoms. The van der Waals surface area contributed by atoms with Gasteiger partial charge in [0.1, 0.15) is 5.82 Å². The molecule has 140 valence electrons. The van der Waals surface area contributed by atoms with Crippen LogP contribution in [0.2, 0.25) is 5.02 Å². The minimum atomic E-state index is -0.320. The lowest BCUT2D eigenvalue weighted by Gasteiger charge is -2.28. The van der Waals surface area contributed by atoms with Gasteiger partial charge in [-0.15, -0.1) is 0 Å². The van der Waals surface area contributed by atoms with Crippen molar-refractivity contribution in [3.05, 3.63) is 34.6 Å². The van der Waals surface area contributed by atoms with Gasteiger partial charge in [-0.25, -0.2) is 4.39 Å². The van der Waals surface area contributed by atoms with Crippen molar-refractivity contribution in [2.75, 3.05) is 39.9 Å². The SMILES string of the molecule is CCNC(=NCC(C)(C)c1ccc(F)cc1Cl)N(C)CC1CCOC1. The standard InChI is InChI=1S/C19H29ClFN3O/c1-5-22-18(24(4)11-14-8-9-25-12-14)23-13-19(2,3)16-7-6-15(21)10-17(16)20/h6-7,10,14H,5,8-9,11-13H2,1-4H3,(H,22,23). The molecule has 1 aromatic rings. The van der Waals surface area contributed by atoms with Crippen molar-refractivity contribution in [2.45, 2.75) is 32.6 Å². The van der Waals surface area contributed by atoms with Gasteiger partial charge in [0.2, 0.25) is 0 Å². The Hall–Kier alpha value is -1.33. The first-order chi connectivity index (χ1) is 11.8. The molecule has 1 atom stereocenters. The number of ether oxygens (including phenoxy) is 1. The Morgan fingerprint density at radius 3 is 2.84 bits per heavy atom. The summed E-state index contributed by atoms with van der Waals surface area (Å²) in [5.74, 6) is 1.11. The molecule has 1 unspecified atom stereocenters. The van der Waals surface area contributed by atoms with Gasteiger partial charge in [-0.05, 0) is 31.0 Å². The molecule has 4 nitrogen and oxygen atoms in total. The Labute approximate surface area is 155 Å². The normalized spacial score (nSPS) is 18.5. The molecule has 1 saturated heterocycles. The summed E-state index contributed by atoms with van der Waals surface area (Å²) in [7, 11) is 2.05. The second-order valence-corrected chi connectivity index (χ2v) is 7.70. The molecule has 0 radical (unpaired) electrons. The third-order valence-electron chi connectivity index (χ3n) is 4.54. The fourth-order valence-corrected chi connectivity index (χ4v) is 3.49. The zero-order chi connectivity index (χ0) is 18.4. The Balaban J connectivity index is 2.10. The summed E-state index contributed by atoms with van der Waals surface area (Å²) in [6.45, 7) is 10.2. The monoisotopic (exact) mass is 369 g/mol. The van der Waals surface area contributed by atoms with E-state index in [9.17, 15) is 4.39 Å². The molecule has 0 bridgehead atoms. The van der Waals surface area contributed by atoms with Crippen molar-refractivity contribution in [1.29, 1.82) is 0 Å². The zero-order valence-corrected chi connectivity index (χ0v) is 16.4. The van der Waals surface area contributed by atoms with E-state index in [1.807, 2.05) is 0 Å². The minimum absolute atomic E-state index is 0.289. The molecular formula is C19H29ClFN3O. The van der Waals surface area contributed by atoms with E-state index in [1.165, 1.54) is 12.1 Å². The summed E-state index contributed by atoms with van der Waals surface area (Å²) < 4.78 is 18.8.